The summed E-state index contributed by atoms with van der Waals surface area (Å²) in [5.74, 6) is -1.50. The van der Waals surface area contributed by atoms with E-state index in [1.54, 1.807) is 24.3 Å². The number of carbonyl (C=O) groups is 2. The second-order valence-electron chi connectivity index (χ2n) is 3.48. The molecule has 17 heavy (non-hydrogen) atoms. The summed E-state index contributed by atoms with van der Waals surface area (Å²) in [6.45, 7) is -0.0384. The van der Waals surface area contributed by atoms with Crippen molar-refractivity contribution in [2.24, 2.45) is 4.99 Å². The Hall–Kier alpha value is -2.43. The van der Waals surface area contributed by atoms with Crippen LogP contribution in [0.15, 0.2) is 46.7 Å². The topological polar surface area (TPSA) is 78.8 Å². The minimum Gasteiger partial charge on any atom is -0.509 e. The van der Waals surface area contributed by atoms with E-state index in [9.17, 15) is 14.7 Å². The molecule has 0 bridgehead atoms. The van der Waals surface area contributed by atoms with Gasteiger partial charge in [-0.05, 0) is 12.1 Å². The van der Waals surface area contributed by atoms with Crippen LogP contribution >= 0.6 is 0 Å². The third-order valence-corrected chi connectivity index (χ3v) is 2.24. The average molecular weight is 230 g/mol. The number of dihydropyridines is 1. The van der Waals surface area contributed by atoms with Crippen molar-refractivity contribution < 1.29 is 14.7 Å². The summed E-state index contributed by atoms with van der Waals surface area (Å²) >= 11 is 0. The van der Waals surface area contributed by atoms with Gasteiger partial charge in [0.2, 0.25) is 5.78 Å². The number of benzene rings is 1. The van der Waals surface area contributed by atoms with Gasteiger partial charge in [0.05, 0.1) is 12.8 Å². The molecule has 1 aliphatic rings. The lowest BCUT2D eigenvalue weighted by atomic mass is 10.1. The van der Waals surface area contributed by atoms with Crippen LogP contribution in [0.2, 0.25) is 0 Å². The summed E-state index contributed by atoms with van der Waals surface area (Å²) in [7, 11) is 0. The van der Waals surface area contributed by atoms with Gasteiger partial charge in [-0.3, -0.25) is 14.6 Å². The predicted molar refractivity (Wildman–Crippen MR) is 63.1 cm³/mol. The molecule has 1 aliphatic heterocycles. The van der Waals surface area contributed by atoms with Gasteiger partial charge in [0.1, 0.15) is 11.3 Å². The Kier molecular flexibility index (Phi) is 3.00. The highest BCUT2D eigenvalue weighted by atomic mass is 16.3. The fraction of sp³-hybridized carbons (Fsp3) is 0.0833. The molecule has 5 heteroatoms. The van der Waals surface area contributed by atoms with Gasteiger partial charge in [0.25, 0.3) is 5.91 Å². The van der Waals surface area contributed by atoms with E-state index in [-0.39, 0.29) is 17.9 Å². The zero-order chi connectivity index (χ0) is 12.3. The van der Waals surface area contributed by atoms with Gasteiger partial charge in [-0.2, -0.15) is 0 Å². The second kappa shape index (κ2) is 4.61. The summed E-state index contributed by atoms with van der Waals surface area (Å²) in [5, 5.41) is 12.0. The van der Waals surface area contributed by atoms with Gasteiger partial charge < -0.3 is 10.4 Å². The number of nitrogens with one attached hydrogen (secondary N) is 1. The summed E-state index contributed by atoms with van der Waals surface area (Å²) in [6, 6.07) is 8.71. The summed E-state index contributed by atoms with van der Waals surface area (Å²) < 4.78 is 0. The molecule has 0 spiro atoms. The SMILES string of the molecule is O=C1C=NCC(O)=C1C(=O)Nc1ccccc1. The molecule has 0 saturated carbocycles. The van der Waals surface area contributed by atoms with Crippen molar-refractivity contribution in [3.63, 3.8) is 0 Å². The number of aliphatic hydroxyl groups excluding tert-OH is 1. The van der Waals surface area contributed by atoms with Gasteiger partial charge in [-0.1, -0.05) is 18.2 Å². The number of aliphatic hydroxyl groups is 1. The Labute approximate surface area is 97.5 Å². The van der Waals surface area contributed by atoms with Gasteiger partial charge >= 0.3 is 0 Å². The highest BCUT2D eigenvalue weighted by Crippen LogP contribution is 2.12. The maximum atomic E-state index is 11.8. The van der Waals surface area contributed by atoms with Gasteiger partial charge in [0.15, 0.2) is 0 Å². The molecule has 0 unspecified atom stereocenters. The van der Waals surface area contributed by atoms with Crippen LogP contribution in [-0.2, 0) is 9.59 Å². The molecule has 0 fully saturated rings. The molecule has 0 saturated heterocycles. The first kappa shape index (κ1) is 11.1. The molecular formula is C12H10N2O3. The monoisotopic (exact) mass is 230 g/mol. The average Bonchev–Trinajstić information content (AvgIpc) is 2.30. The third-order valence-electron chi connectivity index (χ3n) is 2.24. The van der Waals surface area contributed by atoms with E-state index in [1.807, 2.05) is 6.07 Å². The van der Waals surface area contributed by atoms with Crippen molar-refractivity contribution in [1.29, 1.82) is 0 Å². The smallest absolute Gasteiger partial charge is 0.263 e. The Morgan fingerprint density at radius 1 is 1.29 bits per heavy atom. The number of carbonyl (C=O) groups excluding carboxylic acids is 2. The normalized spacial score (nSPS) is 14.9. The lowest BCUT2D eigenvalue weighted by Crippen LogP contribution is -2.26. The van der Waals surface area contributed by atoms with Crippen molar-refractivity contribution in [1.82, 2.24) is 0 Å². The van der Waals surface area contributed by atoms with Crippen molar-refractivity contribution in [3.8, 4) is 0 Å². The standard InChI is InChI=1S/C12H10N2O3/c15-9-6-13-7-10(16)11(9)12(17)14-8-4-2-1-3-5-8/h1-6,16H,7H2,(H,14,17). The first-order valence-corrected chi connectivity index (χ1v) is 5.01. The van der Waals surface area contributed by atoms with Crippen LogP contribution < -0.4 is 5.32 Å². The third kappa shape index (κ3) is 2.39. The predicted octanol–water partition coefficient (Wildman–Crippen LogP) is 1.09. The van der Waals surface area contributed by atoms with Crippen LogP contribution in [-0.4, -0.2) is 29.6 Å². The molecule has 0 radical (unpaired) electrons. The fourth-order valence-corrected chi connectivity index (χ4v) is 1.46. The fourth-order valence-electron chi connectivity index (χ4n) is 1.46. The molecule has 1 amide bonds. The van der Waals surface area contributed by atoms with Crippen molar-refractivity contribution in [3.05, 3.63) is 41.7 Å². The Bertz CT molecular complexity index is 518. The second-order valence-corrected chi connectivity index (χ2v) is 3.48. The molecule has 1 heterocycles. The zero-order valence-corrected chi connectivity index (χ0v) is 8.88. The Morgan fingerprint density at radius 2 is 2.00 bits per heavy atom. The summed E-state index contributed by atoms with van der Waals surface area (Å²) in [4.78, 5) is 26.8. The molecule has 5 nitrogen and oxygen atoms in total. The number of aliphatic imine (C=N–C) groups is 1. The maximum Gasteiger partial charge on any atom is 0.263 e. The molecule has 0 aromatic heterocycles. The van der Waals surface area contributed by atoms with Gasteiger partial charge in [-0.25, -0.2) is 0 Å². The first-order chi connectivity index (χ1) is 8.18. The molecular weight excluding hydrogens is 220 g/mol. The lowest BCUT2D eigenvalue weighted by molar-refractivity contribution is -0.117. The number of amides is 1. The largest absolute Gasteiger partial charge is 0.509 e. The summed E-state index contributed by atoms with van der Waals surface area (Å²) in [5.41, 5.74) is 0.317. The van der Waals surface area contributed by atoms with Crippen LogP contribution in [0, 0.1) is 0 Å². The number of nitrogens with zero attached hydrogens (tertiary/aromatic N) is 1. The molecule has 2 N–H and O–H groups in total. The van der Waals surface area contributed by atoms with Crippen LogP contribution in [0.5, 0.6) is 0 Å². The number of hydrogen-bond donors (Lipinski definition) is 2. The van der Waals surface area contributed by atoms with Crippen molar-refractivity contribution >= 4 is 23.6 Å². The van der Waals surface area contributed by atoms with E-state index in [2.05, 4.69) is 10.3 Å². The highest BCUT2D eigenvalue weighted by molar-refractivity contribution is 6.45. The molecule has 0 aliphatic carbocycles. The minimum atomic E-state index is -0.621. The van der Waals surface area contributed by atoms with E-state index in [0.717, 1.165) is 6.21 Å². The molecule has 2 rings (SSSR count). The van der Waals surface area contributed by atoms with Crippen molar-refractivity contribution in [2.45, 2.75) is 0 Å². The van der Waals surface area contributed by atoms with E-state index in [1.165, 1.54) is 0 Å². The number of Topliss-reactive ketones (excluding diaryl/α,β-unsaturated/α-hetero) is 1. The number of hydrogen-bond acceptors (Lipinski definition) is 4. The molecule has 1 aromatic carbocycles. The first-order valence-electron chi connectivity index (χ1n) is 5.01. The molecule has 0 atom stereocenters. The molecule has 1 aromatic rings. The number of ketones is 1. The van der Waals surface area contributed by atoms with Crippen LogP contribution in [0.1, 0.15) is 0 Å². The number of anilines is 1. The Balaban J connectivity index is 2.19. The Morgan fingerprint density at radius 3 is 2.65 bits per heavy atom. The maximum absolute atomic E-state index is 11.8. The van der Waals surface area contributed by atoms with Crippen LogP contribution in [0.3, 0.4) is 0 Å². The lowest BCUT2D eigenvalue weighted by Gasteiger charge is -2.10. The zero-order valence-electron chi connectivity index (χ0n) is 8.88. The highest BCUT2D eigenvalue weighted by Gasteiger charge is 2.24. The van der Waals surface area contributed by atoms with Crippen LogP contribution in [0.25, 0.3) is 0 Å². The van der Waals surface area contributed by atoms with E-state index >= 15 is 0 Å². The minimum absolute atomic E-state index is 0.0384. The summed E-state index contributed by atoms with van der Waals surface area (Å²) in [6.07, 6.45) is 1.04. The number of para-hydroxylation sites is 1. The van der Waals surface area contributed by atoms with Crippen molar-refractivity contribution in [2.75, 3.05) is 11.9 Å². The van der Waals surface area contributed by atoms with Crippen LogP contribution in [0.4, 0.5) is 5.69 Å². The quantitative estimate of drug-likeness (QED) is 0.746. The van der Waals surface area contributed by atoms with Gasteiger partial charge in [-0.15, -0.1) is 0 Å². The van der Waals surface area contributed by atoms with Gasteiger partial charge in [0, 0.05) is 5.69 Å². The van der Waals surface area contributed by atoms with E-state index in [0.29, 0.717) is 5.69 Å². The van der Waals surface area contributed by atoms with E-state index < -0.39 is 11.7 Å². The van der Waals surface area contributed by atoms with E-state index in [4.69, 9.17) is 0 Å². The number of rotatable bonds is 2. The molecule has 86 valence electrons.